The second-order valence-electron chi connectivity index (χ2n) is 10.4. The average molecular weight is 480 g/mol. The largest absolute Gasteiger partial charge is 0.338 e. The minimum absolute atomic E-state index is 0.0833. The van der Waals surface area contributed by atoms with Crippen LogP contribution in [0.4, 0.5) is 0 Å². The zero-order chi connectivity index (χ0) is 24.6. The highest BCUT2D eigenvalue weighted by atomic mass is 16.2. The van der Waals surface area contributed by atoms with E-state index >= 15 is 0 Å². The van der Waals surface area contributed by atoms with Crippen LogP contribution in [0.2, 0.25) is 0 Å². The van der Waals surface area contributed by atoms with Crippen molar-refractivity contribution in [3.05, 3.63) is 76.9 Å². The van der Waals surface area contributed by atoms with Crippen molar-refractivity contribution < 1.29 is 4.79 Å². The number of aryl methyl sites for hydroxylation is 3. The molecule has 4 aromatic rings. The van der Waals surface area contributed by atoms with E-state index in [0.29, 0.717) is 6.54 Å². The second-order valence-corrected chi connectivity index (χ2v) is 10.4. The Balaban J connectivity index is 1.35. The molecule has 2 aliphatic rings. The number of hydrogen-bond donors (Lipinski definition) is 0. The number of aromatic nitrogens is 4. The molecule has 2 aromatic heterocycles. The van der Waals surface area contributed by atoms with Gasteiger partial charge in [-0.25, -0.2) is 4.98 Å². The van der Waals surface area contributed by atoms with Crippen LogP contribution in [0.3, 0.4) is 0 Å². The molecule has 4 heterocycles. The van der Waals surface area contributed by atoms with E-state index < -0.39 is 0 Å². The van der Waals surface area contributed by atoms with Crippen LogP contribution in [0.15, 0.2) is 48.5 Å². The van der Waals surface area contributed by atoms with Crippen molar-refractivity contribution in [2.45, 2.75) is 64.8 Å². The first-order valence-electron chi connectivity index (χ1n) is 13.3. The Morgan fingerprint density at radius 2 is 1.83 bits per heavy atom. The van der Waals surface area contributed by atoms with Crippen molar-refractivity contribution in [3.63, 3.8) is 0 Å². The summed E-state index contributed by atoms with van der Waals surface area (Å²) in [4.78, 5) is 21.0. The molecule has 0 unspecified atom stereocenters. The molecule has 2 aromatic carbocycles. The summed E-state index contributed by atoms with van der Waals surface area (Å²) < 4.78 is 2.34. The summed E-state index contributed by atoms with van der Waals surface area (Å²) in [6.45, 7) is 6.66. The van der Waals surface area contributed by atoms with Crippen LogP contribution < -0.4 is 0 Å². The quantitative estimate of drug-likeness (QED) is 0.369. The fourth-order valence-corrected chi connectivity index (χ4v) is 5.94. The number of carbonyl (C=O) groups is 1. The summed E-state index contributed by atoms with van der Waals surface area (Å²) in [7, 11) is 0. The monoisotopic (exact) mass is 479 g/mol. The number of para-hydroxylation sites is 1. The van der Waals surface area contributed by atoms with Crippen LogP contribution in [-0.4, -0.2) is 43.6 Å². The van der Waals surface area contributed by atoms with Crippen molar-refractivity contribution in [3.8, 4) is 11.3 Å². The van der Waals surface area contributed by atoms with Crippen LogP contribution in [0.25, 0.3) is 22.2 Å². The highest BCUT2D eigenvalue weighted by molar-refractivity contribution is 6.07. The Morgan fingerprint density at radius 1 is 0.944 bits per heavy atom. The van der Waals surface area contributed by atoms with Crippen LogP contribution >= 0.6 is 0 Å². The maximum Gasteiger partial charge on any atom is 0.254 e. The first kappa shape index (κ1) is 22.9. The molecule has 0 saturated carbocycles. The maximum atomic E-state index is 14.1. The minimum atomic E-state index is 0.0833. The predicted octanol–water partition coefficient (Wildman–Crippen LogP) is 5.86. The van der Waals surface area contributed by atoms with Gasteiger partial charge in [0.2, 0.25) is 0 Å². The van der Waals surface area contributed by atoms with Gasteiger partial charge in [-0.15, -0.1) is 10.2 Å². The first-order chi connectivity index (χ1) is 17.6. The summed E-state index contributed by atoms with van der Waals surface area (Å²) in [5, 5.41) is 10.0. The zero-order valence-electron chi connectivity index (χ0n) is 21.2. The van der Waals surface area contributed by atoms with E-state index in [1.54, 1.807) is 0 Å². The van der Waals surface area contributed by atoms with Gasteiger partial charge in [-0.1, -0.05) is 48.4 Å². The lowest BCUT2D eigenvalue weighted by atomic mass is 9.95. The SMILES string of the molecule is Cc1ccc(-c2cc(C(=O)N3CCC[C@H](c4nnc5n4CCCCC5)C3)c3ccccc3n2)c(C)c1. The molecular weight excluding hydrogens is 446 g/mol. The van der Waals surface area contributed by atoms with Gasteiger partial charge in [-0.05, 0) is 57.2 Å². The third-order valence-electron chi connectivity index (χ3n) is 7.82. The van der Waals surface area contributed by atoms with E-state index in [1.807, 2.05) is 35.2 Å². The molecule has 0 spiro atoms. The van der Waals surface area contributed by atoms with Gasteiger partial charge >= 0.3 is 0 Å². The highest BCUT2D eigenvalue weighted by Crippen LogP contribution is 2.32. The number of rotatable bonds is 3. The van der Waals surface area contributed by atoms with Gasteiger partial charge in [-0.3, -0.25) is 4.79 Å². The second kappa shape index (κ2) is 9.49. The lowest BCUT2D eigenvalue weighted by Crippen LogP contribution is -2.40. The lowest BCUT2D eigenvalue weighted by Gasteiger charge is -2.33. The molecule has 1 atom stereocenters. The van der Waals surface area contributed by atoms with E-state index in [2.05, 4.69) is 46.8 Å². The molecule has 6 nitrogen and oxygen atoms in total. The summed E-state index contributed by atoms with van der Waals surface area (Å²) in [5.41, 5.74) is 5.90. The predicted molar refractivity (Wildman–Crippen MR) is 142 cm³/mol. The Bertz CT molecular complexity index is 1440. The van der Waals surface area contributed by atoms with Crippen LogP contribution in [0, 0.1) is 13.8 Å². The minimum Gasteiger partial charge on any atom is -0.338 e. The summed E-state index contributed by atoms with van der Waals surface area (Å²) in [6.07, 6.45) is 6.64. The van der Waals surface area contributed by atoms with Crippen LogP contribution in [0.5, 0.6) is 0 Å². The van der Waals surface area contributed by atoms with Gasteiger partial charge in [0.05, 0.1) is 16.8 Å². The maximum absolute atomic E-state index is 14.1. The molecule has 0 radical (unpaired) electrons. The number of piperidine rings is 1. The number of hydrogen-bond acceptors (Lipinski definition) is 4. The van der Waals surface area contributed by atoms with E-state index in [0.717, 1.165) is 71.7 Å². The number of fused-ring (bicyclic) bond motifs is 2. The fraction of sp³-hybridized carbons (Fsp3) is 0.400. The normalized spacial score (nSPS) is 18.2. The number of nitrogens with zero attached hydrogens (tertiary/aromatic N) is 5. The van der Waals surface area contributed by atoms with Crippen molar-refractivity contribution in [1.29, 1.82) is 0 Å². The third kappa shape index (κ3) is 4.19. The number of carbonyl (C=O) groups excluding carboxylic acids is 1. The molecular formula is C30H33N5O. The van der Waals surface area contributed by atoms with Crippen molar-refractivity contribution in [2.24, 2.45) is 0 Å². The molecule has 1 amide bonds. The van der Waals surface area contributed by atoms with Gasteiger partial charge in [0.15, 0.2) is 0 Å². The van der Waals surface area contributed by atoms with Crippen LogP contribution in [0.1, 0.15) is 71.2 Å². The standard InChI is InChI=1S/C30H33N5O/c1-20-13-14-23(21(2)17-20)27-18-25(24-10-5-6-11-26(24)31-27)30(36)34-15-8-9-22(19-34)29-33-32-28-12-4-3-7-16-35(28)29/h5-6,10-11,13-14,17-18,22H,3-4,7-9,12,15-16,19H2,1-2H3/t22-/m0/s1. The fourth-order valence-electron chi connectivity index (χ4n) is 5.94. The first-order valence-corrected chi connectivity index (χ1v) is 13.3. The summed E-state index contributed by atoms with van der Waals surface area (Å²) >= 11 is 0. The van der Waals surface area contributed by atoms with Crippen molar-refractivity contribution in [2.75, 3.05) is 13.1 Å². The third-order valence-corrected chi connectivity index (χ3v) is 7.82. The molecule has 0 aliphatic carbocycles. The molecule has 6 heteroatoms. The van der Waals surface area contributed by atoms with E-state index in [1.165, 1.54) is 30.4 Å². The van der Waals surface area contributed by atoms with Gasteiger partial charge in [-0.2, -0.15) is 0 Å². The van der Waals surface area contributed by atoms with Crippen molar-refractivity contribution in [1.82, 2.24) is 24.6 Å². The molecule has 2 aliphatic heterocycles. The Kier molecular flexibility index (Phi) is 6.04. The number of benzene rings is 2. The molecule has 6 rings (SSSR count). The van der Waals surface area contributed by atoms with Crippen molar-refractivity contribution >= 4 is 16.8 Å². The van der Waals surface area contributed by atoms with Crippen LogP contribution in [-0.2, 0) is 13.0 Å². The highest BCUT2D eigenvalue weighted by Gasteiger charge is 2.31. The van der Waals surface area contributed by atoms with E-state index in [4.69, 9.17) is 4.98 Å². The zero-order valence-corrected chi connectivity index (χ0v) is 21.2. The molecule has 1 fully saturated rings. The van der Waals surface area contributed by atoms with E-state index in [9.17, 15) is 4.79 Å². The Labute approximate surface area is 212 Å². The molecule has 36 heavy (non-hydrogen) atoms. The molecule has 0 bridgehead atoms. The van der Waals surface area contributed by atoms with E-state index in [-0.39, 0.29) is 11.8 Å². The number of pyridine rings is 1. The number of likely N-dealkylation sites (tertiary alicyclic amines) is 1. The molecule has 0 N–H and O–H groups in total. The smallest absolute Gasteiger partial charge is 0.254 e. The average Bonchev–Trinajstić information content (AvgIpc) is 3.15. The molecule has 184 valence electrons. The van der Waals surface area contributed by atoms with Gasteiger partial charge in [0.1, 0.15) is 11.6 Å². The number of amides is 1. The Morgan fingerprint density at radius 3 is 2.72 bits per heavy atom. The lowest BCUT2D eigenvalue weighted by molar-refractivity contribution is 0.0705. The van der Waals surface area contributed by atoms with Gasteiger partial charge in [0, 0.05) is 42.9 Å². The van der Waals surface area contributed by atoms with Gasteiger partial charge in [0.25, 0.3) is 5.91 Å². The summed E-state index contributed by atoms with van der Waals surface area (Å²) in [6, 6.07) is 16.4. The Hall–Kier alpha value is -3.54. The van der Waals surface area contributed by atoms with Gasteiger partial charge < -0.3 is 9.47 Å². The summed E-state index contributed by atoms with van der Waals surface area (Å²) in [5.74, 6) is 2.50. The molecule has 1 saturated heterocycles. The topological polar surface area (TPSA) is 63.9 Å².